The minimum atomic E-state index is -0.909. The van der Waals surface area contributed by atoms with Crippen LogP contribution in [-0.4, -0.2) is 35.7 Å². The molecule has 1 heterocycles. The first-order valence-electron chi connectivity index (χ1n) is 13.9. The highest BCUT2D eigenvalue weighted by atomic mass is 16.5. The second-order valence-electron chi connectivity index (χ2n) is 10.4. The molecule has 0 radical (unpaired) electrons. The Morgan fingerprint density at radius 3 is 2.33 bits per heavy atom. The van der Waals surface area contributed by atoms with Crippen LogP contribution in [0.1, 0.15) is 66.6 Å². The quantitative estimate of drug-likeness (QED) is 0.251. The van der Waals surface area contributed by atoms with Crippen molar-refractivity contribution < 1.29 is 19.1 Å². The first-order valence-corrected chi connectivity index (χ1v) is 13.9. The highest BCUT2D eigenvalue weighted by Crippen LogP contribution is 2.32. The van der Waals surface area contributed by atoms with E-state index in [0.29, 0.717) is 22.6 Å². The number of para-hydroxylation sites is 1. The number of benzene rings is 3. The average molecular weight is 538 g/mol. The van der Waals surface area contributed by atoms with Crippen LogP contribution in [-0.2, 0) is 16.0 Å². The van der Waals surface area contributed by atoms with Gasteiger partial charge in [0, 0.05) is 34.4 Å². The molecule has 2 N–H and O–H groups in total. The van der Waals surface area contributed by atoms with Gasteiger partial charge in [-0.2, -0.15) is 0 Å². The van der Waals surface area contributed by atoms with Crippen LogP contribution in [0, 0.1) is 0 Å². The third-order valence-electron chi connectivity index (χ3n) is 7.73. The number of fused-ring (bicyclic) bond motifs is 1. The molecule has 1 aliphatic carbocycles. The van der Waals surface area contributed by atoms with Gasteiger partial charge in [0.15, 0.2) is 5.78 Å². The van der Waals surface area contributed by atoms with E-state index in [2.05, 4.69) is 10.3 Å². The maximum Gasteiger partial charge on any atom is 0.248 e. The van der Waals surface area contributed by atoms with Gasteiger partial charge in [-0.05, 0) is 73.4 Å². The number of rotatable bonds is 9. The van der Waals surface area contributed by atoms with E-state index in [9.17, 15) is 14.4 Å². The minimum absolute atomic E-state index is 0.0648. The Bertz CT molecular complexity index is 1480. The number of hydrogen-bond donors (Lipinski definition) is 2. The molecular weight excluding hydrogens is 502 g/mol. The number of nitrogens with zero attached hydrogens (tertiary/aromatic N) is 1. The molecule has 4 aromatic rings. The van der Waals surface area contributed by atoms with Crippen molar-refractivity contribution in [2.24, 2.45) is 0 Å². The first kappa shape index (κ1) is 27.2. The smallest absolute Gasteiger partial charge is 0.248 e. The second kappa shape index (κ2) is 12.2. The number of carbonyl (C=O) groups excluding carboxylic acids is 3. The van der Waals surface area contributed by atoms with Crippen LogP contribution in [0.2, 0.25) is 0 Å². The number of ketones is 1. The molecule has 0 aliphatic heterocycles. The van der Waals surface area contributed by atoms with Crippen LogP contribution in [0.25, 0.3) is 10.9 Å². The summed E-state index contributed by atoms with van der Waals surface area (Å²) in [7, 11) is 1.59. The van der Waals surface area contributed by atoms with E-state index in [-0.39, 0.29) is 30.1 Å². The Kier molecular flexibility index (Phi) is 8.29. The van der Waals surface area contributed by atoms with Gasteiger partial charge < -0.3 is 15.0 Å². The molecule has 0 saturated heterocycles. The minimum Gasteiger partial charge on any atom is -0.497 e. The second-order valence-corrected chi connectivity index (χ2v) is 10.4. The van der Waals surface area contributed by atoms with E-state index < -0.39 is 6.04 Å². The molecule has 1 fully saturated rings. The lowest BCUT2D eigenvalue weighted by atomic mass is 9.94. The highest BCUT2D eigenvalue weighted by Gasteiger charge is 2.34. The molecule has 40 heavy (non-hydrogen) atoms. The lowest BCUT2D eigenvalue weighted by Gasteiger charge is -2.33. The zero-order valence-corrected chi connectivity index (χ0v) is 23.0. The number of ether oxygens (including phenoxy) is 1. The number of hydrogen-bond acceptors (Lipinski definition) is 4. The van der Waals surface area contributed by atoms with E-state index >= 15 is 0 Å². The Balaban J connectivity index is 1.57. The normalized spacial score (nSPS) is 14.4. The molecule has 2 amide bonds. The van der Waals surface area contributed by atoms with Crippen LogP contribution in [0.4, 0.5) is 5.69 Å². The van der Waals surface area contributed by atoms with E-state index in [1.165, 1.54) is 13.3 Å². The Morgan fingerprint density at radius 2 is 1.65 bits per heavy atom. The van der Waals surface area contributed by atoms with Crippen molar-refractivity contribution in [3.05, 3.63) is 95.7 Å². The van der Waals surface area contributed by atoms with Crippen molar-refractivity contribution in [3.63, 3.8) is 0 Å². The fourth-order valence-electron chi connectivity index (χ4n) is 5.55. The molecule has 7 heteroatoms. The van der Waals surface area contributed by atoms with Crippen molar-refractivity contribution in [1.29, 1.82) is 0 Å². The molecule has 0 unspecified atom stereocenters. The molecule has 5 rings (SSSR count). The fourth-order valence-corrected chi connectivity index (χ4v) is 5.55. The summed E-state index contributed by atoms with van der Waals surface area (Å²) in [5.41, 5.74) is 3.57. The Morgan fingerprint density at radius 1 is 0.950 bits per heavy atom. The van der Waals surface area contributed by atoms with Gasteiger partial charge in [-0.3, -0.25) is 19.3 Å². The van der Waals surface area contributed by atoms with E-state index in [1.807, 2.05) is 42.6 Å². The molecule has 1 aromatic heterocycles. The first-order chi connectivity index (χ1) is 19.4. The third kappa shape index (κ3) is 5.93. The molecule has 0 bridgehead atoms. The average Bonchev–Trinajstić information content (AvgIpc) is 3.39. The zero-order valence-electron chi connectivity index (χ0n) is 23.0. The van der Waals surface area contributed by atoms with Crippen molar-refractivity contribution in [3.8, 4) is 5.75 Å². The van der Waals surface area contributed by atoms with Gasteiger partial charge in [-0.15, -0.1) is 0 Å². The maximum atomic E-state index is 14.2. The molecule has 1 aliphatic rings. The van der Waals surface area contributed by atoms with Gasteiger partial charge in [-0.1, -0.05) is 49.6 Å². The molecule has 3 aromatic carbocycles. The lowest BCUT2D eigenvalue weighted by Crippen LogP contribution is -2.47. The zero-order chi connectivity index (χ0) is 28.1. The van der Waals surface area contributed by atoms with Gasteiger partial charge in [0.25, 0.3) is 0 Å². The van der Waals surface area contributed by atoms with Gasteiger partial charge in [-0.25, -0.2) is 0 Å². The van der Waals surface area contributed by atoms with Gasteiger partial charge in [0.05, 0.1) is 13.5 Å². The summed E-state index contributed by atoms with van der Waals surface area (Å²) >= 11 is 0. The van der Waals surface area contributed by atoms with Crippen LogP contribution in [0.5, 0.6) is 5.75 Å². The highest BCUT2D eigenvalue weighted by molar-refractivity contribution is 6.04. The van der Waals surface area contributed by atoms with Crippen molar-refractivity contribution in [2.75, 3.05) is 12.0 Å². The summed E-state index contributed by atoms with van der Waals surface area (Å²) < 4.78 is 5.35. The summed E-state index contributed by atoms with van der Waals surface area (Å²) in [6.07, 6.45) is 7.13. The number of H-pyrrole nitrogens is 1. The Labute approximate surface area is 234 Å². The van der Waals surface area contributed by atoms with Crippen molar-refractivity contribution >= 4 is 34.2 Å². The Hall–Kier alpha value is -4.39. The molecule has 0 spiro atoms. The van der Waals surface area contributed by atoms with Crippen molar-refractivity contribution in [2.45, 2.75) is 57.5 Å². The number of aromatic amines is 1. The van der Waals surface area contributed by atoms with Crippen LogP contribution in [0.3, 0.4) is 0 Å². The van der Waals surface area contributed by atoms with E-state index in [1.54, 1.807) is 48.4 Å². The van der Waals surface area contributed by atoms with E-state index in [4.69, 9.17) is 4.74 Å². The predicted molar refractivity (Wildman–Crippen MR) is 157 cm³/mol. The summed E-state index contributed by atoms with van der Waals surface area (Å²) in [5, 5.41) is 4.21. The standard InChI is InChI=1S/C33H35N3O4/c1-22(37)23-12-16-27(17-13-23)36(31(38)20-25-21-34-30-11-7-6-10-29(25)30)32(24-14-18-28(40-2)19-15-24)33(39)35-26-8-4-3-5-9-26/h6-7,10-19,21,26,32,34H,3-5,8-9,20H2,1-2H3,(H,35,39)/t32-/m1/s1. The van der Waals surface area contributed by atoms with Crippen molar-refractivity contribution in [1.82, 2.24) is 10.3 Å². The molecule has 1 saturated carbocycles. The molecular formula is C33H35N3O4. The molecule has 206 valence electrons. The summed E-state index contributed by atoms with van der Waals surface area (Å²) in [6.45, 7) is 1.51. The van der Waals surface area contributed by atoms with Crippen LogP contribution >= 0.6 is 0 Å². The molecule has 7 nitrogen and oxygen atoms in total. The topological polar surface area (TPSA) is 91.5 Å². The summed E-state index contributed by atoms with van der Waals surface area (Å²) in [4.78, 5) is 45.1. The number of nitrogens with one attached hydrogen (secondary N) is 2. The fraction of sp³-hybridized carbons (Fsp3) is 0.303. The summed E-state index contributed by atoms with van der Waals surface area (Å²) in [5.74, 6) is 0.155. The lowest BCUT2D eigenvalue weighted by molar-refractivity contribution is -0.127. The van der Waals surface area contributed by atoms with Gasteiger partial charge in [0.1, 0.15) is 11.8 Å². The number of Topliss-reactive ketones (excluding diaryl/α,β-unsaturated/α-hetero) is 1. The van der Waals surface area contributed by atoms with Gasteiger partial charge in [0.2, 0.25) is 11.8 Å². The van der Waals surface area contributed by atoms with Crippen LogP contribution in [0.15, 0.2) is 79.0 Å². The monoisotopic (exact) mass is 537 g/mol. The number of amides is 2. The number of anilines is 1. The van der Waals surface area contributed by atoms with E-state index in [0.717, 1.165) is 42.1 Å². The SMILES string of the molecule is COc1ccc([C@H](C(=O)NC2CCCCC2)N(C(=O)Cc2c[nH]c3ccccc23)c2ccc(C(C)=O)cc2)cc1. The van der Waals surface area contributed by atoms with Crippen LogP contribution < -0.4 is 15.0 Å². The largest absolute Gasteiger partial charge is 0.497 e. The third-order valence-corrected chi connectivity index (χ3v) is 7.73. The number of carbonyl (C=O) groups is 3. The predicted octanol–water partition coefficient (Wildman–Crippen LogP) is 6.15. The summed E-state index contributed by atoms with van der Waals surface area (Å²) in [6, 6.07) is 21.2. The van der Waals surface area contributed by atoms with Gasteiger partial charge >= 0.3 is 0 Å². The number of aromatic nitrogens is 1. The molecule has 1 atom stereocenters. The number of methoxy groups -OCH3 is 1. The maximum absolute atomic E-state index is 14.2.